The van der Waals surface area contributed by atoms with Crippen molar-refractivity contribution in [1.29, 1.82) is 0 Å². The van der Waals surface area contributed by atoms with Gasteiger partial charge in [-0.3, -0.25) is 0 Å². The minimum absolute atomic E-state index is 0.213. The van der Waals surface area contributed by atoms with E-state index in [0.29, 0.717) is 6.61 Å². The molecule has 5 nitrogen and oxygen atoms in total. The Labute approximate surface area is 207 Å². The van der Waals surface area contributed by atoms with Gasteiger partial charge in [-0.15, -0.1) is 10.2 Å². The van der Waals surface area contributed by atoms with E-state index in [2.05, 4.69) is 64.2 Å². The molecule has 0 N–H and O–H groups in total. The van der Waals surface area contributed by atoms with Gasteiger partial charge in [0.15, 0.2) is 5.82 Å². The van der Waals surface area contributed by atoms with Gasteiger partial charge in [0, 0.05) is 16.1 Å². The van der Waals surface area contributed by atoms with E-state index in [-0.39, 0.29) is 5.92 Å². The van der Waals surface area contributed by atoms with Crippen molar-refractivity contribution < 1.29 is 4.74 Å². The predicted molar refractivity (Wildman–Crippen MR) is 138 cm³/mol. The maximum absolute atomic E-state index is 5.87. The summed E-state index contributed by atoms with van der Waals surface area (Å²) in [4.78, 5) is 0. The minimum atomic E-state index is 0.213. The summed E-state index contributed by atoms with van der Waals surface area (Å²) >= 11 is 5.11. The van der Waals surface area contributed by atoms with Gasteiger partial charge in [-0.1, -0.05) is 84.0 Å². The highest BCUT2D eigenvalue weighted by Crippen LogP contribution is 2.25. The van der Waals surface area contributed by atoms with E-state index < -0.39 is 0 Å². The molecular formula is C26H25BrN4OS. The van der Waals surface area contributed by atoms with Gasteiger partial charge in [-0.05, 0) is 53.1 Å². The Morgan fingerprint density at radius 1 is 0.939 bits per heavy atom. The number of halogens is 1. The molecule has 0 radical (unpaired) electrons. The van der Waals surface area contributed by atoms with Crippen LogP contribution < -0.4 is 4.74 Å². The zero-order valence-electron chi connectivity index (χ0n) is 18.6. The normalized spacial score (nSPS) is 11.4. The van der Waals surface area contributed by atoms with Crippen molar-refractivity contribution in [2.75, 3.05) is 0 Å². The van der Waals surface area contributed by atoms with Gasteiger partial charge in [-0.25, -0.2) is 0 Å². The Balaban J connectivity index is 1.43. The van der Waals surface area contributed by atoms with Crippen LogP contribution in [0.2, 0.25) is 0 Å². The van der Waals surface area contributed by atoms with Crippen LogP contribution in [0.4, 0.5) is 0 Å². The lowest BCUT2D eigenvalue weighted by Crippen LogP contribution is -2.02. The molecule has 0 fully saturated rings. The van der Waals surface area contributed by atoms with Crippen molar-refractivity contribution in [2.24, 2.45) is 5.10 Å². The molecule has 7 heteroatoms. The average Bonchev–Trinajstić information content (AvgIpc) is 3.25. The van der Waals surface area contributed by atoms with Gasteiger partial charge in [0.25, 0.3) is 0 Å². The van der Waals surface area contributed by atoms with Gasteiger partial charge in [0.1, 0.15) is 12.4 Å². The molecule has 0 saturated carbocycles. The summed E-state index contributed by atoms with van der Waals surface area (Å²) in [6, 6.07) is 26.4. The maximum atomic E-state index is 5.87. The SMILES string of the molecule is CC(C)c1nnc(SCc2ccc(Br)cc2)n1/N=C\c1ccc(OCc2ccccc2)cc1. The van der Waals surface area contributed by atoms with Crippen molar-refractivity contribution in [2.45, 2.75) is 37.3 Å². The van der Waals surface area contributed by atoms with Gasteiger partial charge in [0.05, 0.1) is 6.21 Å². The first-order valence-corrected chi connectivity index (χ1v) is 12.5. The highest BCUT2D eigenvalue weighted by Gasteiger charge is 2.15. The first-order valence-electron chi connectivity index (χ1n) is 10.7. The molecular weight excluding hydrogens is 496 g/mol. The van der Waals surface area contributed by atoms with Crippen LogP contribution >= 0.6 is 27.7 Å². The monoisotopic (exact) mass is 520 g/mol. The largest absolute Gasteiger partial charge is 0.489 e. The summed E-state index contributed by atoms with van der Waals surface area (Å²) < 4.78 is 8.79. The molecule has 1 aromatic heterocycles. The first kappa shape index (κ1) is 23.3. The third-order valence-corrected chi connectivity index (χ3v) is 6.40. The summed E-state index contributed by atoms with van der Waals surface area (Å²) in [6.07, 6.45) is 1.83. The van der Waals surface area contributed by atoms with Crippen molar-refractivity contribution in [3.8, 4) is 5.75 Å². The Kier molecular flexibility index (Phi) is 7.96. The number of rotatable bonds is 9. The standard InChI is InChI=1S/C26H25BrN4OS/c1-19(2)25-29-30-26(33-18-22-8-12-23(27)13-9-22)31(25)28-16-20-10-14-24(15-11-20)32-17-21-6-4-3-5-7-21/h3-16,19H,17-18H2,1-2H3/b28-16-. The topological polar surface area (TPSA) is 52.3 Å². The van der Waals surface area contributed by atoms with Crippen LogP contribution in [0.15, 0.2) is 93.6 Å². The molecule has 4 rings (SSSR count). The van der Waals surface area contributed by atoms with Crippen LogP contribution in [0.25, 0.3) is 0 Å². The fourth-order valence-electron chi connectivity index (χ4n) is 3.08. The molecule has 0 atom stereocenters. The van der Waals surface area contributed by atoms with Crippen LogP contribution in [0.3, 0.4) is 0 Å². The Bertz CT molecular complexity index is 1190. The van der Waals surface area contributed by atoms with Crippen LogP contribution in [-0.4, -0.2) is 21.1 Å². The van der Waals surface area contributed by atoms with Crippen LogP contribution in [0, 0.1) is 0 Å². The predicted octanol–water partition coefficient (Wildman–Crippen LogP) is 6.92. The van der Waals surface area contributed by atoms with Crippen molar-refractivity contribution in [1.82, 2.24) is 14.9 Å². The zero-order valence-corrected chi connectivity index (χ0v) is 21.0. The molecule has 0 aliphatic rings. The zero-order chi connectivity index (χ0) is 23.0. The molecule has 3 aromatic carbocycles. The summed E-state index contributed by atoms with van der Waals surface area (Å²) in [6.45, 7) is 4.74. The molecule has 33 heavy (non-hydrogen) atoms. The maximum Gasteiger partial charge on any atom is 0.212 e. The Hall–Kier alpha value is -2.90. The van der Waals surface area contributed by atoms with E-state index in [1.807, 2.05) is 65.5 Å². The number of thioether (sulfide) groups is 1. The summed E-state index contributed by atoms with van der Waals surface area (Å²) in [5, 5.41) is 14.2. The van der Waals surface area contributed by atoms with Gasteiger partial charge in [0.2, 0.25) is 5.16 Å². The highest BCUT2D eigenvalue weighted by molar-refractivity contribution is 9.10. The van der Waals surface area contributed by atoms with Crippen LogP contribution in [-0.2, 0) is 12.4 Å². The van der Waals surface area contributed by atoms with Gasteiger partial charge < -0.3 is 4.74 Å². The summed E-state index contributed by atoms with van der Waals surface area (Å²) in [7, 11) is 0. The second-order valence-corrected chi connectivity index (χ2v) is 9.67. The first-order chi connectivity index (χ1) is 16.1. The highest BCUT2D eigenvalue weighted by atomic mass is 79.9. The second kappa shape index (κ2) is 11.3. The molecule has 0 spiro atoms. The van der Waals surface area contributed by atoms with E-state index in [1.165, 1.54) is 5.56 Å². The molecule has 1 heterocycles. The van der Waals surface area contributed by atoms with E-state index >= 15 is 0 Å². The van der Waals surface area contributed by atoms with Crippen LogP contribution in [0.1, 0.15) is 42.3 Å². The van der Waals surface area contributed by atoms with Crippen LogP contribution in [0.5, 0.6) is 5.75 Å². The number of hydrogen-bond donors (Lipinski definition) is 0. The molecule has 0 unspecified atom stereocenters. The quantitative estimate of drug-likeness (QED) is 0.177. The molecule has 168 valence electrons. The molecule has 0 amide bonds. The lowest BCUT2D eigenvalue weighted by atomic mass is 10.2. The average molecular weight is 521 g/mol. The van der Waals surface area contributed by atoms with Gasteiger partial charge >= 0.3 is 0 Å². The Morgan fingerprint density at radius 2 is 1.67 bits per heavy atom. The van der Waals surface area contributed by atoms with E-state index in [9.17, 15) is 0 Å². The van der Waals surface area contributed by atoms with E-state index in [0.717, 1.165) is 38.1 Å². The van der Waals surface area contributed by atoms with Crippen molar-refractivity contribution in [3.05, 3.63) is 106 Å². The molecule has 0 aliphatic carbocycles. The minimum Gasteiger partial charge on any atom is -0.489 e. The fourth-order valence-corrected chi connectivity index (χ4v) is 4.19. The number of hydrogen-bond acceptors (Lipinski definition) is 5. The smallest absolute Gasteiger partial charge is 0.212 e. The number of benzene rings is 3. The van der Waals surface area contributed by atoms with E-state index in [1.54, 1.807) is 11.8 Å². The lowest BCUT2D eigenvalue weighted by Gasteiger charge is -2.07. The summed E-state index contributed by atoms with van der Waals surface area (Å²) in [5.74, 6) is 2.68. The molecule has 0 saturated heterocycles. The number of ether oxygens (including phenoxy) is 1. The summed E-state index contributed by atoms with van der Waals surface area (Å²) in [5.41, 5.74) is 3.35. The lowest BCUT2D eigenvalue weighted by molar-refractivity contribution is 0.306. The van der Waals surface area contributed by atoms with Gasteiger partial charge in [-0.2, -0.15) is 9.78 Å². The second-order valence-electron chi connectivity index (χ2n) is 7.81. The number of aromatic nitrogens is 3. The third kappa shape index (κ3) is 6.55. The fraction of sp³-hybridized carbons (Fsp3) is 0.192. The molecule has 0 bridgehead atoms. The molecule has 0 aliphatic heterocycles. The van der Waals surface area contributed by atoms with Crippen molar-refractivity contribution >= 4 is 33.9 Å². The Morgan fingerprint density at radius 3 is 2.36 bits per heavy atom. The van der Waals surface area contributed by atoms with E-state index in [4.69, 9.17) is 9.84 Å². The van der Waals surface area contributed by atoms with Crippen molar-refractivity contribution in [3.63, 3.8) is 0 Å². The number of nitrogens with zero attached hydrogens (tertiary/aromatic N) is 4. The third-order valence-electron chi connectivity index (χ3n) is 4.88. The molecule has 4 aromatic rings.